The van der Waals surface area contributed by atoms with Crippen molar-refractivity contribution < 1.29 is 25.2 Å². The number of hydrogen-bond acceptors (Lipinski definition) is 6. The monoisotopic (exact) mass is 210 g/mol. The van der Waals surface area contributed by atoms with Crippen LogP contribution in [0.5, 0.6) is 0 Å². The number of aliphatic hydroxyl groups is 4. The Labute approximate surface area is 80.3 Å². The maximum atomic E-state index is 9.38. The Morgan fingerprint density at radius 2 is 1.77 bits per heavy atom. The molecule has 1 saturated heterocycles. The largest absolute Gasteiger partial charge is 0.394 e. The lowest BCUT2D eigenvalue weighted by atomic mass is 10.0. The van der Waals surface area contributed by atoms with Gasteiger partial charge in [-0.15, -0.1) is 11.8 Å². The van der Waals surface area contributed by atoms with Crippen LogP contribution in [0.25, 0.3) is 0 Å². The third kappa shape index (κ3) is 2.15. The summed E-state index contributed by atoms with van der Waals surface area (Å²) >= 11 is 1.22. The molecule has 0 amide bonds. The van der Waals surface area contributed by atoms with Crippen LogP contribution in [-0.2, 0) is 4.74 Å². The SMILES string of the molecule is CS[C@@H]1OC(CO)[C@@H](O)C(O)[C@@H]1O. The van der Waals surface area contributed by atoms with Gasteiger partial charge in [0.2, 0.25) is 0 Å². The van der Waals surface area contributed by atoms with Crippen molar-refractivity contribution in [2.75, 3.05) is 12.9 Å². The Hall–Kier alpha value is 0.150. The van der Waals surface area contributed by atoms with Gasteiger partial charge in [-0.2, -0.15) is 0 Å². The highest BCUT2D eigenvalue weighted by Gasteiger charge is 2.42. The second-order valence-electron chi connectivity index (χ2n) is 2.93. The molecule has 1 rings (SSSR count). The predicted molar refractivity (Wildman–Crippen MR) is 47.3 cm³/mol. The second-order valence-corrected chi connectivity index (χ2v) is 3.87. The van der Waals surface area contributed by atoms with Crippen molar-refractivity contribution >= 4 is 11.8 Å². The van der Waals surface area contributed by atoms with Gasteiger partial charge in [-0.25, -0.2) is 0 Å². The molecule has 13 heavy (non-hydrogen) atoms. The van der Waals surface area contributed by atoms with Crippen LogP contribution < -0.4 is 0 Å². The van der Waals surface area contributed by atoms with E-state index in [-0.39, 0.29) is 6.61 Å². The van der Waals surface area contributed by atoms with Gasteiger partial charge in [0.25, 0.3) is 0 Å². The summed E-state index contributed by atoms with van der Waals surface area (Å²) < 4.78 is 5.13. The maximum Gasteiger partial charge on any atom is 0.132 e. The average Bonchev–Trinajstić information content (AvgIpc) is 2.15. The molecule has 0 saturated carbocycles. The summed E-state index contributed by atoms with van der Waals surface area (Å²) in [4.78, 5) is 0. The predicted octanol–water partition coefficient (Wildman–Crippen LogP) is -1.85. The fraction of sp³-hybridized carbons (Fsp3) is 1.00. The van der Waals surface area contributed by atoms with Crippen LogP contribution >= 0.6 is 11.8 Å². The first-order valence-electron chi connectivity index (χ1n) is 3.95. The summed E-state index contributed by atoms with van der Waals surface area (Å²) in [5, 5.41) is 36.8. The molecule has 0 spiro atoms. The van der Waals surface area contributed by atoms with E-state index in [9.17, 15) is 15.3 Å². The lowest BCUT2D eigenvalue weighted by molar-refractivity contribution is -0.205. The molecule has 0 bridgehead atoms. The third-order valence-corrected chi connectivity index (χ3v) is 2.94. The Morgan fingerprint density at radius 3 is 2.23 bits per heavy atom. The van der Waals surface area contributed by atoms with E-state index in [0.29, 0.717) is 0 Å². The fourth-order valence-corrected chi connectivity index (χ4v) is 1.96. The molecule has 1 aliphatic heterocycles. The summed E-state index contributed by atoms with van der Waals surface area (Å²) in [6, 6.07) is 0. The van der Waals surface area contributed by atoms with Crippen LogP contribution in [0.1, 0.15) is 0 Å². The Bertz CT molecular complexity index is 147. The Kier molecular flexibility index (Phi) is 3.96. The summed E-state index contributed by atoms with van der Waals surface area (Å²) in [5.74, 6) is 0. The van der Waals surface area contributed by atoms with Crippen LogP contribution in [0, 0.1) is 0 Å². The molecule has 0 aliphatic carbocycles. The van der Waals surface area contributed by atoms with Crippen molar-refractivity contribution in [3.05, 3.63) is 0 Å². The zero-order valence-corrected chi connectivity index (χ0v) is 8.02. The quantitative estimate of drug-likeness (QED) is 0.428. The fourth-order valence-electron chi connectivity index (χ4n) is 1.26. The number of hydrogen-bond donors (Lipinski definition) is 4. The molecule has 78 valence electrons. The summed E-state index contributed by atoms with van der Waals surface area (Å²) in [6.45, 7) is -0.373. The summed E-state index contributed by atoms with van der Waals surface area (Å²) in [5.41, 5.74) is -0.601. The lowest BCUT2D eigenvalue weighted by Gasteiger charge is -2.39. The number of ether oxygens (including phenoxy) is 1. The molecular weight excluding hydrogens is 196 g/mol. The van der Waals surface area contributed by atoms with Gasteiger partial charge in [-0.05, 0) is 6.26 Å². The van der Waals surface area contributed by atoms with Crippen LogP contribution in [0.4, 0.5) is 0 Å². The zero-order valence-electron chi connectivity index (χ0n) is 7.20. The maximum absolute atomic E-state index is 9.38. The molecule has 6 heteroatoms. The zero-order chi connectivity index (χ0) is 10.0. The first kappa shape index (κ1) is 11.2. The average molecular weight is 210 g/mol. The molecule has 2 unspecified atom stereocenters. The molecule has 0 radical (unpaired) electrons. The van der Waals surface area contributed by atoms with Gasteiger partial charge in [0.05, 0.1) is 6.61 Å². The van der Waals surface area contributed by atoms with E-state index in [4.69, 9.17) is 9.84 Å². The smallest absolute Gasteiger partial charge is 0.132 e. The van der Waals surface area contributed by atoms with Crippen LogP contribution in [0.3, 0.4) is 0 Å². The third-order valence-electron chi connectivity index (χ3n) is 2.08. The van der Waals surface area contributed by atoms with Crippen molar-refractivity contribution in [3.8, 4) is 0 Å². The van der Waals surface area contributed by atoms with E-state index in [1.165, 1.54) is 11.8 Å². The molecule has 5 atom stereocenters. The molecule has 1 heterocycles. The van der Waals surface area contributed by atoms with Crippen molar-refractivity contribution in [2.45, 2.75) is 29.9 Å². The van der Waals surface area contributed by atoms with Gasteiger partial charge in [0.15, 0.2) is 0 Å². The van der Waals surface area contributed by atoms with Crippen LogP contribution in [-0.4, -0.2) is 63.1 Å². The first-order valence-corrected chi connectivity index (χ1v) is 5.24. The number of thioether (sulfide) groups is 1. The van der Waals surface area contributed by atoms with Gasteiger partial charge in [-0.1, -0.05) is 0 Å². The van der Waals surface area contributed by atoms with E-state index in [1.807, 2.05) is 0 Å². The summed E-state index contributed by atoms with van der Waals surface area (Å²) in [6.07, 6.45) is -2.72. The molecule has 0 aromatic heterocycles. The van der Waals surface area contributed by atoms with Gasteiger partial charge in [0.1, 0.15) is 29.9 Å². The van der Waals surface area contributed by atoms with Crippen LogP contribution in [0.2, 0.25) is 0 Å². The molecule has 1 fully saturated rings. The van der Waals surface area contributed by atoms with E-state index in [2.05, 4.69) is 0 Å². The molecule has 5 nitrogen and oxygen atoms in total. The lowest BCUT2D eigenvalue weighted by Crippen LogP contribution is -2.57. The van der Waals surface area contributed by atoms with Crippen LogP contribution in [0.15, 0.2) is 0 Å². The highest BCUT2D eigenvalue weighted by molar-refractivity contribution is 7.99. The molecule has 0 aromatic rings. The van der Waals surface area contributed by atoms with Gasteiger partial charge >= 0.3 is 0 Å². The molecule has 0 aromatic carbocycles. The Morgan fingerprint density at radius 1 is 1.15 bits per heavy atom. The van der Waals surface area contributed by atoms with Gasteiger partial charge in [0, 0.05) is 0 Å². The Balaban J connectivity index is 2.66. The number of aliphatic hydroxyl groups excluding tert-OH is 4. The molecule has 1 aliphatic rings. The summed E-state index contributed by atoms with van der Waals surface area (Å²) in [7, 11) is 0. The normalized spacial score (nSPS) is 46.4. The topological polar surface area (TPSA) is 90.2 Å². The van der Waals surface area contributed by atoms with E-state index >= 15 is 0 Å². The minimum atomic E-state index is -1.26. The number of rotatable bonds is 2. The van der Waals surface area contributed by atoms with Gasteiger partial charge < -0.3 is 25.2 Å². The second kappa shape index (κ2) is 4.59. The van der Waals surface area contributed by atoms with E-state index in [0.717, 1.165) is 0 Å². The van der Waals surface area contributed by atoms with Gasteiger partial charge in [-0.3, -0.25) is 0 Å². The molecule has 4 N–H and O–H groups in total. The van der Waals surface area contributed by atoms with E-state index < -0.39 is 29.9 Å². The highest BCUT2D eigenvalue weighted by atomic mass is 32.2. The molecular formula is C7H14O5S. The standard InChI is InChI=1S/C7H14O5S/c1-13-7-6(11)5(10)4(9)3(2-8)12-7/h3-11H,2H2,1H3/t3?,4-,5?,6+,7+/m1/s1. The van der Waals surface area contributed by atoms with Crippen molar-refractivity contribution in [3.63, 3.8) is 0 Å². The highest BCUT2D eigenvalue weighted by Crippen LogP contribution is 2.26. The van der Waals surface area contributed by atoms with Crippen molar-refractivity contribution in [1.29, 1.82) is 0 Å². The van der Waals surface area contributed by atoms with Crippen molar-refractivity contribution in [1.82, 2.24) is 0 Å². The minimum Gasteiger partial charge on any atom is -0.394 e. The van der Waals surface area contributed by atoms with E-state index in [1.54, 1.807) is 6.26 Å². The minimum absolute atomic E-state index is 0.373. The van der Waals surface area contributed by atoms with Crippen molar-refractivity contribution in [2.24, 2.45) is 0 Å². The first-order chi connectivity index (χ1) is 6.11.